The Hall–Kier alpha value is -1.65. The van der Waals surface area contributed by atoms with E-state index >= 15 is 0 Å². The van der Waals surface area contributed by atoms with Gasteiger partial charge in [0, 0.05) is 25.2 Å². The second kappa shape index (κ2) is 8.63. The van der Waals surface area contributed by atoms with Crippen molar-refractivity contribution in [2.24, 2.45) is 0 Å². The number of nitrogens with one attached hydrogen (secondary N) is 1. The number of hydrogen-bond acceptors (Lipinski definition) is 4. The summed E-state index contributed by atoms with van der Waals surface area (Å²) in [5.74, 6) is -0.597. The lowest BCUT2D eigenvalue weighted by Gasteiger charge is -2.21. The summed E-state index contributed by atoms with van der Waals surface area (Å²) in [4.78, 5) is 12.0. The van der Waals surface area contributed by atoms with Crippen molar-refractivity contribution in [2.45, 2.75) is 31.0 Å². The molecular formula is C15H21F3N2O4S. The Kier molecular flexibility index (Phi) is 7.39. The quantitative estimate of drug-likeness (QED) is 0.698. The topological polar surface area (TPSA) is 75.7 Å². The van der Waals surface area contributed by atoms with E-state index in [-0.39, 0.29) is 29.7 Å². The van der Waals surface area contributed by atoms with Crippen LogP contribution in [0.2, 0.25) is 0 Å². The molecule has 0 heterocycles. The summed E-state index contributed by atoms with van der Waals surface area (Å²) < 4.78 is 66.1. The molecule has 1 rings (SSSR count). The van der Waals surface area contributed by atoms with E-state index in [2.05, 4.69) is 10.1 Å². The molecule has 1 N–H and O–H groups in total. The molecule has 0 fully saturated rings. The van der Waals surface area contributed by atoms with Gasteiger partial charge in [0.15, 0.2) is 0 Å². The number of hydrogen-bond donors (Lipinski definition) is 1. The van der Waals surface area contributed by atoms with Crippen molar-refractivity contribution in [3.63, 3.8) is 0 Å². The van der Waals surface area contributed by atoms with Gasteiger partial charge in [-0.1, -0.05) is 6.07 Å². The van der Waals surface area contributed by atoms with E-state index in [1.54, 1.807) is 13.8 Å². The van der Waals surface area contributed by atoms with Gasteiger partial charge in [-0.15, -0.1) is 0 Å². The van der Waals surface area contributed by atoms with Gasteiger partial charge in [0.2, 0.25) is 10.0 Å². The molecule has 0 saturated heterocycles. The molecule has 25 heavy (non-hydrogen) atoms. The van der Waals surface area contributed by atoms with Crippen LogP contribution in [-0.2, 0) is 14.8 Å². The van der Waals surface area contributed by atoms with Crippen molar-refractivity contribution in [3.8, 4) is 0 Å². The van der Waals surface area contributed by atoms with E-state index in [1.165, 1.54) is 35.6 Å². The zero-order valence-corrected chi connectivity index (χ0v) is 14.9. The van der Waals surface area contributed by atoms with Crippen molar-refractivity contribution in [2.75, 3.05) is 26.8 Å². The fourth-order valence-corrected chi connectivity index (χ4v) is 3.18. The van der Waals surface area contributed by atoms with Gasteiger partial charge >= 0.3 is 6.18 Å². The number of alkyl halides is 3. The number of nitrogens with zero attached hydrogens (tertiary/aromatic N) is 1. The number of sulfonamides is 1. The van der Waals surface area contributed by atoms with Crippen LogP contribution in [0.15, 0.2) is 29.2 Å². The molecule has 0 aliphatic carbocycles. The van der Waals surface area contributed by atoms with Crippen LogP contribution in [0.3, 0.4) is 0 Å². The summed E-state index contributed by atoms with van der Waals surface area (Å²) in [6.07, 6.45) is -4.42. The largest absolute Gasteiger partial charge is 0.411 e. The molecule has 0 atom stereocenters. The lowest BCUT2D eigenvalue weighted by Crippen LogP contribution is -2.33. The van der Waals surface area contributed by atoms with Crippen LogP contribution in [-0.4, -0.2) is 57.7 Å². The van der Waals surface area contributed by atoms with E-state index in [4.69, 9.17) is 0 Å². The van der Waals surface area contributed by atoms with Crippen LogP contribution in [0.25, 0.3) is 0 Å². The first kappa shape index (κ1) is 21.4. The molecule has 6 nitrogen and oxygen atoms in total. The summed E-state index contributed by atoms with van der Waals surface area (Å²) in [6.45, 7) is 1.61. The van der Waals surface area contributed by atoms with Crippen LogP contribution in [0.1, 0.15) is 24.2 Å². The number of rotatable bonds is 8. The van der Waals surface area contributed by atoms with Gasteiger partial charge in [-0.2, -0.15) is 17.5 Å². The number of carbonyl (C=O) groups excluding carboxylic acids is 1. The second-order valence-electron chi connectivity index (χ2n) is 5.57. The maximum atomic E-state index is 12.4. The average Bonchev–Trinajstić information content (AvgIpc) is 2.52. The number of benzene rings is 1. The van der Waals surface area contributed by atoms with E-state index in [9.17, 15) is 26.4 Å². The maximum absolute atomic E-state index is 12.4. The van der Waals surface area contributed by atoms with Gasteiger partial charge in [0.25, 0.3) is 5.91 Å². The highest BCUT2D eigenvalue weighted by atomic mass is 32.2. The van der Waals surface area contributed by atoms with Gasteiger partial charge in [-0.25, -0.2) is 8.42 Å². The number of halogens is 3. The highest BCUT2D eigenvalue weighted by Crippen LogP contribution is 2.18. The van der Waals surface area contributed by atoms with Crippen molar-refractivity contribution >= 4 is 15.9 Å². The summed E-state index contributed by atoms with van der Waals surface area (Å²) in [5, 5.41) is 2.38. The van der Waals surface area contributed by atoms with Crippen molar-refractivity contribution in [1.29, 1.82) is 0 Å². The molecule has 1 amide bonds. The normalized spacial score (nSPS) is 12.6. The number of amides is 1. The minimum absolute atomic E-state index is 0.0373. The van der Waals surface area contributed by atoms with Crippen LogP contribution in [0.4, 0.5) is 13.2 Å². The molecule has 0 aliphatic rings. The Balaban J connectivity index is 2.70. The molecule has 0 radical (unpaired) electrons. The van der Waals surface area contributed by atoms with Crippen molar-refractivity contribution < 1.29 is 31.1 Å². The number of carbonyl (C=O) groups is 1. The molecule has 10 heteroatoms. The summed E-state index contributed by atoms with van der Waals surface area (Å²) >= 11 is 0. The molecule has 1 aromatic carbocycles. The summed E-state index contributed by atoms with van der Waals surface area (Å²) in [5.41, 5.74) is 0.0917. The first-order valence-corrected chi connectivity index (χ1v) is 8.90. The first-order valence-electron chi connectivity index (χ1n) is 7.46. The zero-order chi connectivity index (χ0) is 19.3. The van der Waals surface area contributed by atoms with E-state index < -0.39 is 28.7 Å². The van der Waals surface area contributed by atoms with Crippen molar-refractivity contribution in [1.82, 2.24) is 9.62 Å². The smallest absolute Gasteiger partial charge is 0.370 e. The predicted octanol–water partition coefficient (Wildman–Crippen LogP) is 2.02. The Morgan fingerprint density at radius 2 is 1.96 bits per heavy atom. The van der Waals surface area contributed by atoms with Gasteiger partial charge < -0.3 is 10.1 Å². The van der Waals surface area contributed by atoms with Gasteiger partial charge in [-0.3, -0.25) is 4.79 Å². The lowest BCUT2D eigenvalue weighted by atomic mass is 10.2. The molecule has 0 spiro atoms. The van der Waals surface area contributed by atoms with E-state index in [0.29, 0.717) is 0 Å². The third-order valence-corrected chi connectivity index (χ3v) is 5.33. The zero-order valence-electron chi connectivity index (χ0n) is 14.1. The Morgan fingerprint density at radius 3 is 2.52 bits per heavy atom. The highest BCUT2D eigenvalue weighted by molar-refractivity contribution is 7.89. The minimum atomic E-state index is -4.42. The number of ether oxygens (including phenoxy) is 1. The Morgan fingerprint density at radius 1 is 1.32 bits per heavy atom. The average molecular weight is 382 g/mol. The van der Waals surface area contributed by atoms with E-state index in [0.717, 1.165) is 0 Å². The third-order valence-electron chi connectivity index (χ3n) is 3.30. The minimum Gasteiger partial charge on any atom is -0.370 e. The molecule has 142 valence electrons. The lowest BCUT2D eigenvalue weighted by molar-refractivity contribution is -0.173. The van der Waals surface area contributed by atoms with Gasteiger partial charge in [-0.05, 0) is 32.0 Å². The molecule has 0 aliphatic heterocycles. The molecular weight excluding hydrogens is 361 g/mol. The molecule has 0 aromatic heterocycles. The maximum Gasteiger partial charge on any atom is 0.411 e. The van der Waals surface area contributed by atoms with E-state index in [1.807, 2.05) is 0 Å². The molecule has 1 aromatic rings. The summed E-state index contributed by atoms with van der Waals surface area (Å²) in [6, 6.07) is 5.18. The molecule has 0 saturated carbocycles. The summed E-state index contributed by atoms with van der Waals surface area (Å²) in [7, 11) is -2.30. The Bertz CT molecular complexity index is 690. The first-order chi connectivity index (χ1) is 11.4. The predicted molar refractivity (Wildman–Crippen MR) is 85.7 cm³/mol. The van der Waals surface area contributed by atoms with Gasteiger partial charge in [0.1, 0.15) is 6.61 Å². The van der Waals surface area contributed by atoms with Crippen molar-refractivity contribution in [3.05, 3.63) is 29.8 Å². The second-order valence-corrected chi connectivity index (χ2v) is 7.56. The van der Waals surface area contributed by atoms with Crippen LogP contribution in [0.5, 0.6) is 0 Å². The van der Waals surface area contributed by atoms with Crippen LogP contribution >= 0.6 is 0 Å². The fraction of sp³-hybridized carbons (Fsp3) is 0.533. The Labute approximate surface area is 145 Å². The standard InChI is InChI=1S/C15H21F3N2O4S/c1-11(2)20(3)25(22,23)13-6-4-5-12(9-13)14(21)19-7-8-24-10-15(16,17)18/h4-6,9,11H,7-8,10H2,1-3H3,(H,19,21). The molecule has 0 bridgehead atoms. The molecule has 0 unspecified atom stereocenters. The highest BCUT2D eigenvalue weighted by Gasteiger charge is 2.27. The van der Waals surface area contributed by atoms with Crippen LogP contribution < -0.4 is 5.32 Å². The third kappa shape index (κ3) is 6.63. The monoisotopic (exact) mass is 382 g/mol. The fourth-order valence-electron chi connectivity index (χ4n) is 1.77. The van der Waals surface area contributed by atoms with Gasteiger partial charge in [0.05, 0.1) is 11.5 Å². The SMILES string of the molecule is CC(C)N(C)S(=O)(=O)c1cccc(C(=O)NCCOCC(F)(F)F)c1. The van der Waals surface area contributed by atoms with Crippen LogP contribution in [0, 0.1) is 0 Å².